The van der Waals surface area contributed by atoms with Gasteiger partial charge >= 0.3 is 0 Å². The van der Waals surface area contributed by atoms with E-state index in [4.69, 9.17) is 5.73 Å². The molecule has 0 aliphatic heterocycles. The van der Waals surface area contributed by atoms with E-state index in [2.05, 4.69) is 15.5 Å². The van der Waals surface area contributed by atoms with Gasteiger partial charge < -0.3 is 11.1 Å². The number of amides is 1. The van der Waals surface area contributed by atoms with E-state index in [9.17, 15) is 4.79 Å². The van der Waals surface area contributed by atoms with Gasteiger partial charge in [-0.15, -0.1) is 0 Å². The molecule has 1 amide bonds. The number of H-pyrrole nitrogens is 1. The van der Waals surface area contributed by atoms with Gasteiger partial charge in [0.2, 0.25) is 5.91 Å². The molecule has 2 rings (SSSR count). The molecule has 1 aliphatic carbocycles. The summed E-state index contributed by atoms with van der Waals surface area (Å²) in [4.78, 5) is 11.7. The first kappa shape index (κ1) is 11.1. The lowest BCUT2D eigenvalue weighted by Gasteiger charge is -2.10. The fraction of sp³-hybridized carbons (Fsp3) is 0.636. The van der Waals surface area contributed by atoms with Gasteiger partial charge in [0.15, 0.2) is 0 Å². The Kier molecular flexibility index (Phi) is 3.24. The highest BCUT2D eigenvalue weighted by molar-refractivity contribution is 5.90. The second-order valence-electron chi connectivity index (χ2n) is 4.38. The van der Waals surface area contributed by atoms with E-state index in [-0.39, 0.29) is 11.9 Å². The van der Waals surface area contributed by atoms with Crippen molar-refractivity contribution in [3.05, 3.63) is 11.8 Å². The van der Waals surface area contributed by atoms with Gasteiger partial charge in [-0.1, -0.05) is 6.92 Å². The molecular weight excluding hydrogens is 204 g/mol. The van der Waals surface area contributed by atoms with Crippen LogP contribution < -0.4 is 11.1 Å². The number of aryl methyl sites for hydroxylation is 1. The Morgan fingerprint density at radius 3 is 3.12 bits per heavy atom. The summed E-state index contributed by atoms with van der Waals surface area (Å²) in [6.45, 7) is 2.02. The van der Waals surface area contributed by atoms with Crippen molar-refractivity contribution in [1.29, 1.82) is 0 Å². The molecular formula is C11H18N4O. The van der Waals surface area contributed by atoms with Gasteiger partial charge in [-0.3, -0.25) is 9.89 Å². The SMILES string of the molecule is CCc1cn[nH]c1NC(=O)CC(N)C1CC1. The Hall–Kier alpha value is -1.36. The molecule has 0 radical (unpaired) electrons. The van der Waals surface area contributed by atoms with E-state index in [1.807, 2.05) is 6.92 Å². The molecule has 1 aromatic heterocycles. The molecule has 1 unspecified atom stereocenters. The fourth-order valence-electron chi connectivity index (χ4n) is 1.78. The van der Waals surface area contributed by atoms with Crippen LogP contribution in [0.1, 0.15) is 31.7 Å². The van der Waals surface area contributed by atoms with Crippen molar-refractivity contribution in [2.45, 2.75) is 38.6 Å². The van der Waals surface area contributed by atoms with Crippen molar-refractivity contribution in [2.75, 3.05) is 5.32 Å². The maximum Gasteiger partial charge on any atom is 0.227 e. The number of hydrogen-bond donors (Lipinski definition) is 3. The molecule has 5 nitrogen and oxygen atoms in total. The zero-order valence-corrected chi connectivity index (χ0v) is 9.49. The summed E-state index contributed by atoms with van der Waals surface area (Å²) in [6, 6.07) is 0.00741. The molecule has 16 heavy (non-hydrogen) atoms. The van der Waals surface area contributed by atoms with E-state index in [0.717, 1.165) is 12.0 Å². The Labute approximate surface area is 94.8 Å². The second-order valence-corrected chi connectivity index (χ2v) is 4.38. The normalized spacial score (nSPS) is 17.1. The molecule has 1 aliphatic rings. The van der Waals surface area contributed by atoms with Gasteiger partial charge in [0.25, 0.3) is 0 Å². The molecule has 5 heteroatoms. The molecule has 1 heterocycles. The first-order valence-corrected chi connectivity index (χ1v) is 5.78. The highest BCUT2D eigenvalue weighted by Crippen LogP contribution is 2.32. The number of nitrogens with zero attached hydrogens (tertiary/aromatic N) is 1. The highest BCUT2D eigenvalue weighted by Gasteiger charge is 2.29. The minimum Gasteiger partial charge on any atom is -0.327 e. The summed E-state index contributed by atoms with van der Waals surface area (Å²) in [6.07, 6.45) is 5.31. The molecule has 0 bridgehead atoms. The van der Waals surface area contributed by atoms with Crippen LogP contribution in [0.2, 0.25) is 0 Å². The molecule has 1 fully saturated rings. The van der Waals surface area contributed by atoms with Gasteiger partial charge in [0.05, 0.1) is 6.20 Å². The summed E-state index contributed by atoms with van der Waals surface area (Å²) in [5.74, 6) is 1.23. The van der Waals surface area contributed by atoms with Gasteiger partial charge in [0, 0.05) is 18.0 Å². The number of rotatable bonds is 5. The fourth-order valence-corrected chi connectivity index (χ4v) is 1.78. The monoisotopic (exact) mass is 222 g/mol. The van der Waals surface area contributed by atoms with Crippen molar-refractivity contribution in [2.24, 2.45) is 11.7 Å². The topological polar surface area (TPSA) is 83.8 Å². The number of carbonyl (C=O) groups excluding carboxylic acids is 1. The Balaban J connectivity index is 1.86. The number of carbonyl (C=O) groups is 1. The van der Waals surface area contributed by atoms with E-state index in [0.29, 0.717) is 18.2 Å². The lowest BCUT2D eigenvalue weighted by Crippen LogP contribution is -2.29. The maximum absolute atomic E-state index is 11.7. The Morgan fingerprint density at radius 2 is 2.50 bits per heavy atom. The predicted molar refractivity (Wildman–Crippen MR) is 61.9 cm³/mol. The molecule has 1 aromatic rings. The van der Waals surface area contributed by atoms with Gasteiger partial charge in [0.1, 0.15) is 5.82 Å². The second kappa shape index (κ2) is 4.65. The van der Waals surface area contributed by atoms with Crippen LogP contribution in [0.15, 0.2) is 6.20 Å². The van der Waals surface area contributed by atoms with Crippen molar-refractivity contribution >= 4 is 11.7 Å². The lowest BCUT2D eigenvalue weighted by atomic mass is 10.1. The number of aromatic amines is 1. The zero-order chi connectivity index (χ0) is 11.5. The summed E-state index contributed by atoms with van der Waals surface area (Å²) in [7, 11) is 0. The van der Waals surface area contributed by atoms with Crippen molar-refractivity contribution in [3.8, 4) is 0 Å². The Morgan fingerprint density at radius 1 is 1.75 bits per heavy atom. The first-order chi connectivity index (χ1) is 7.70. The third-order valence-corrected chi connectivity index (χ3v) is 3.01. The summed E-state index contributed by atoms with van der Waals surface area (Å²) >= 11 is 0. The average molecular weight is 222 g/mol. The van der Waals surface area contributed by atoms with Crippen LogP contribution in [0.4, 0.5) is 5.82 Å². The van der Waals surface area contributed by atoms with Crippen LogP contribution >= 0.6 is 0 Å². The number of nitrogens with two attached hydrogens (primary N) is 1. The standard InChI is InChI=1S/C11H18N4O/c1-2-7-6-13-15-11(7)14-10(16)5-9(12)8-3-4-8/h6,8-9H,2-5,12H2,1H3,(H2,13,14,15,16). The number of aromatic nitrogens is 2. The molecule has 0 spiro atoms. The minimum atomic E-state index is -0.0293. The molecule has 0 aromatic carbocycles. The molecule has 4 N–H and O–H groups in total. The molecule has 88 valence electrons. The number of hydrogen-bond acceptors (Lipinski definition) is 3. The van der Waals surface area contributed by atoms with Crippen LogP contribution in [-0.2, 0) is 11.2 Å². The lowest BCUT2D eigenvalue weighted by molar-refractivity contribution is -0.116. The van der Waals surface area contributed by atoms with Crippen LogP contribution in [0.5, 0.6) is 0 Å². The van der Waals surface area contributed by atoms with Crippen LogP contribution in [-0.4, -0.2) is 22.1 Å². The van der Waals surface area contributed by atoms with Crippen LogP contribution in [0.3, 0.4) is 0 Å². The smallest absolute Gasteiger partial charge is 0.227 e. The maximum atomic E-state index is 11.7. The van der Waals surface area contributed by atoms with E-state index in [1.54, 1.807) is 6.20 Å². The average Bonchev–Trinajstić information content (AvgIpc) is 3.00. The molecule has 0 saturated heterocycles. The van der Waals surface area contributed by atoms with Gasteiger partial charge in [-0.25, -0.2) is 0 Å². The van der Waals surface area contributed by atoms with Crippen LogP contribution in [0.25, 0.3) is 0 Å². The largest absolute Gasteiger partial charge is 0.327 e. The summed E-state index contributed by atoms with van der Waals surface area (Å²) in [5, 5.41) is 9.50. The van der Waals surface area contributed by atoms with E-state index >= 15 is 0 Å². The van der Waals surface area contributed by atoms with Gasteiger partial charge in [-0.05, 0) is 25.2 Å². The van der Waals surface area contributed by atoms with Crippen LogP contribution in [0, 0.1) is 5.92 Å². The molecule has 1 saturated carbocycles. The predicted octanol–water partition coefficient (Wildman–Crippen LogP) is 1.04. The van der Waals surface area contributed by atoms with Crippen molar-refractivity contribution in [3.63, 3.8) is 0 Å². The summed E-state index contributed by atoms with van der Waals surface area (Å²) < 4.78 is 0. The van der Waals surface area contributed by atoms with Crippen molar-refractivity contribution < 1.29 is 4.79 Å². The number of nitrogens with one attached hydrogen (secondary N) is 2. The molecule has 1 atom stereocenters. The quantitative estimate of drug-likeness (QED) is 0.696. The summed E-state index contributed by atoms with van der Waals surface area (Å²) in [5.41, 5.74) is 6.91. The minimum absolute atomic E-state index is 0.00741. The van der Waals surface area contributed by atoms with Gasteiger partial charge in [-0.2, -0.15) is 5.10 Å². The van der Waals surface area contributed by atoms with E-state index < -0.39 is 0 Å². The Bertz CT molecular complexity index is 370. The van der Waals surface area contributed by atoms with Crippen molar-refractivity contribution in [1.82, 2.24) is 10.2 Å². The first-order valence-electron chi connectivity index (χ1n) is 5.78. The number of anilines is 1. The third-order valence-electron chi connectivity index (χ3n) is 3.01. The highest BCUT2D eigenvalue weighted by atomic mass is 16.1. The zero-order valence-electron chi connectivity index (χ0n) is 9.49. The van der Waals surface area contributed by atoms with E-state index in [1.165, 1.54) is 12.8 Å². The third kappa shape index (κ3) is 2.61.